The Labute approximate surface area is 99.5 Å². The fourth-order valence-corrected chi connectivity index (χ4v) is 1.55. The van der Waals surface area contributed by atoms with Gasteiger partial charge in [-0.25, -0.2) is 0 Å². The highest BCUT2D eigenvalue weighted by Crippen LogP contribution is 2.33. The Kier molecular flexibility index (Phi) is 3.14. The monoisotopic (exact) mass is 231 g/mol. The first-order valence-electron chi connectivity index (χ1n) is 5.11. The van der Waals surface area contributed by atoms with E-state index in [4.69, 9.17) is 9.47 Å². The van der Waals surface area contributed by atoms with Crippen LogP contribution in [-0.2, 0) is 0 Å². The maximum Gasteiger partial charge on any atom is 0.137 e. The molecule has 0 fully saturated rings. The molecule has 0 aliphatic carbocycles. The molecule has 0 spiro atoms. The van der Waals surface area contributed by atoms with Gasteiger partial charge in [0.25, 0.3) is 0 Å². The lowest BCUT2D eigenvalue weighted by atomic mass is 10.1. The van der Waals surface area contributed by atoms with Gasteiger partial charge in [0, 0.05) is 17.3 Å². The maximum absolute atomic E-state index is 9.82. The summed E-state index contributed by atoms with van der Waals surface area (Å²) in [5.41, 5.74) is 1.44. The summed E-state index contributed by atoms with van der Waals surface area (Å²) in [5.74, 6) is 1.51. The molecule has 0 bridgehead atoms. The molecular formula is C13H13NO3. The molecule has 1 aromatic heterocycles. The molecule has 1 N–H and O–H groups in total. The first kappa shape index (κ1) is 11.3. The molecule has 0 aliphatic rings. The number of hydrogen-bond acceptors (Lipinski definition) is 4. The Balaban J connectivity index is 2.50. The van der Waals surface area contributed by atoms with Crippen molar-refractivity contribution in [1.82, 2.24) is 4.98 Å². The van der Waals surface area contributed by atoms with E-state index in [0.717, 1.165) is 5.56 Å². The lowest BCUT2D eigenvalue weighted by molar-refractivity contribution is 0.411. The SMILES string of the molecule is COc1cncc(-c2cc(OC)ccc2O)c1. The van der Waals surface area contributed by atoms with Crippen LogP contribution in [0.15, 0.2) is 36.7 Å². The van der Waals surface area contributed by atoms with Gasteiger partial charge in [0.1, 0.15) is 17.2 Å². The zero-order valence-electron chi connectivity index (χ0n) is 9.68. The zero-order valence-corrected chi connectivity index (χ0v) is 9.68. The van der Waals surface area contributed by atoms with Gasteiger partial charge in [-0.3, -0.25) is 4.98 Å². The van der Waals surface area contributed by atoms with Crippen LogP contribution in [0, 0.1) is 0 Å². The summed E-state index contributed by atoms with van der Waals surface area (Å²) in [6, 6.07) is 6.85. The van der Waals surface area contributed by atoms with Crippen molar-refractivity contribution in [2.24, 2.45) is 0 Å². The zero-order chi connectivity index (χ0) is 12.3. The molecule has 4 nitrogen and oxygen atoms in total. The molecule has 1 aromatic carbocycles. The van der Waals surface area contributed by atoms with Crippen LogP contribution in [0.1, 0.15) is 0 Å². The van der Waals surface area contributed by atoms with Crippen LogP contribution >= 0.6 is 0 Å². The number of nitrogens with zero attached hydrogens (tertiary/aromatic N) is 1. The van der Waals surface area contributed by atoms with E-state index in [1.807, 2.05) is 6.07 Å². The Morgan fingerprint density at radius 3 is 2.47 bits per heavy atom. The van der Waals surface area contributed by atoms with Crippen molar-refractivity contribution in [2.75, 3.05) is 14.2 Å². The van der Waals surface area contributed by atoms with Gasteiger partial charge in [0.15, 0.2) is 0 Å². The molecule has 0 atom stereocenters. The maximum atomic E-state index is 9.82. The number of methoxy groups -OCH3 is 2. The van der Waals surface area contributed by atoms with Gasteiger partial charge in [0.2, 0.25) is 0 Å². The second-order valence-corrected chi connectivity index (χ2v) is 3.50. The predicted molar refractivity (Wildman–Crippen MR) is 64.4 cm³/mol. The van der Waals surface area contributed by atoms with E-state index in [0.29, 0.717) is 17.1 Å². The molecule has 2 rings (SSSR count). The summed E-state index contributed by atoms with van der Waals surface area (Å²) in [7, 11) is 3.16. The average molecular weight is 231 g/mol. The van der Waals surface area contributed by atoms with Gasteiger partial charge < -0.3 is 14.6 Å². The van der Waals surface area contributed by atoms with Crippen molar-refractivity contribution in [3.8, 4) is 28.4 Å². The van der Waals surface area contributed by atoms with E-state index in [-0.39, 0.29) is 5.75 Å². The molecule has 0 saturated heterocycles. The van der Waals surface area contributed by atoms with Gasteiger partial charge in [-0.05, 0) is 24.3 Å². The average Bonchev–Trinajstić information content (AvgIpc) is 2.39. The highest BCUT2D eigenvalue weighted by Gasteiger charge is 2.07. The Morgan fingerprint density at radius 2 is 1.76 bits per heavy atom. The van der Waals surface area contributed by atoms with Gasteiger partial charge in [0.05, 0.1) is 20.4 Å². The number of aromatic nitrogens is 1. The van der Waals surface area contributed by atoms with Crippen molar-refractivity contribution in [2.45, 2.75) is 0 Å². The van der Waals surface area contributed by atoms with E-state index in [9.17, 15) is 5.11 Å². The number of ether oxygens (including phenoxy) is 2. The Hall–Kier alpha value is -2.23. The number of hydrogen-bond donors (Lipinski definition) is 1. The van der Waals surface area contributed by atoms with E-state index < -0.39 is 0 Å². The summed E-state index contributed by atoms with van der Waals surface area (Å²) in [6.45, 7) is 0. The van der Waals surface area contributed by atoms with E-state index in [2.05, 4.69) is 4.98 Å². The molecule has 2 aromatic rings. The van der Waals surface area contributed by atoms with Crippen LogP contribution in [0.3, 0.4) is 0 Å². The third-order valence-corrected chi connectivity index (χ3v) is 2.46. The molecule has 0 unspecified atom stereocenters. The van der Waals surface area contributed by atoms with Crippen LogP contribution in [0.4, 0.5) is 0 Å². The summed E-state index contributed by atoms with van der Waals surface area (Å²) in [5, 5.41) is 9.82. The number of phenolic OH excluding ortho intramolecular Hbond substituents is 1. The van der Waals surface area contributed by atoms with Crippen molar-refractivity contribution in [1.29, 1.82) is 0 Å². The van der Waals surface area contributed by atoms with Crippen LogP contribution < -0.4 is 9.47 Å². The van der Waals surface area contributed by atoms with E-state index >= 15 is 0 Å². The number of benzene rings is 1. The van der Waals surface area contributed by atoms with Gasteiger partial charge in [-0.1, -0.05) is 0 Å². The van der Waals surface area contributed by atoms with Crippen LogP contribution in [0.5, 0.6) is 17.2 Å². The molecule has 0 radical (unpaired) electrons. The minimum absolute atomic E-state index is 0.181. The second kappa shape index (κ2) is 4.74. The lowest BCUT2D eigenvalue weighted by Gasteiger charge is -2.08. The van der Waals surface area contributed by atoms with Crippen molar-refractivity contribution >= 4 is 0 Å². The molecule has 0 saturated carbocycles. The topological polar surface area (TPSA) is 51.6 Å². The van der Waals surface area contributed by atoms with Gasteiger partial charge >= 0.3 is 0 Å². The fourth-order valence-electron chi connectivity index (χ4n) is 1.55. The van der Waals surface area contributed by atoms with Gasteiger partial charge in [-0.15, -0.1) is 0 Å². The molecule has 17 heavy (non-hydrogen) atoms. The number of pyridine rings is 1. The second-order valence-electron chi connectivity index (χ2n) is 3.50. The summed E-state index contributed by atoms with van der Waals surface area (Å²) in [6.07, 6.45) is 3.28. The van der Waals surface area contributed by atoms with Gasteiger partial charge in [-0.2, -0.15) is 0 Å². The molecule has 88 valence electrons. The van der Waals surface area contributed by atoms with E-state index in [1.165, 1.54) is 0 Å². The smallest absolute Gasteiger partial charge is 0.137 e. The van der Waals surface area contributed by atoms with E-state index in [1.54, 1.807) is 44.8 Å². The van der Waals surface area contributed by atoms with Crippen LogP contribution in [0.25, 0.3) is 11.1 Å². The first-order valence-corrected chi connectivity index (χ1v) is 5.11. The number of rotatable bonds is 3. The largest absolute Gasteiger partial charge is 0.507 e. The number of aromatic hydroxyl groups is 1. The Morgan fingerprint density at radius 1 is 1.00 bits per heavy atom. The summed E-state index contributed by atoms with van der Waals surface area (Å²) >= 11 is 0. The predicted octanol–water partition coefficient (Wildman–Crippen LogP) is 2.47. The van der Waals surface area contributed by atoms with Crippen LogP contribution in [0.2, 0.25) is 0 Å². The van der Waals surface area contributed by atoms with Crippen molar-refractivity contribution in [3.05, 3.63) is 36.7 Å². The summed E-state index contributed by atoms with van der Waals surface area (Å²) in [4.78, 5) is 4.05. The van der Waals surface area contributed by atoms with Crippen molar-refractivity contribution < 1.29 is 14.6 Å². The quantitative estimate of drug-likeness (QED) is 0.881. The first-order chi connectivity index (χ1) is 8.24. The molecule has 4 heteroatoms. The summed E-state index contributed by atoms with van der Waals surface area (Å²) < 4.78 is 10.2. The Bertz CT molecular complexity index is 526. The van der Waals surface area contributed by atoms with Crippen molar-refractivity contribution in [3.63, 3.8) is 0 Å². The van der Waals surface area contributed by atoms with Crippen LogP contribution in [-0.4, -0.2) is 24.3 Å². The molecule has 1 heterocycles. The third kappa shape index (κ3) is 2.30. The normalized spacial score (nSPS) is 10.0. The third-order valence-electron chi connectivity index (χ3n) is 2.46. The highest BCUT2D eigenvalue weighted by atomic mass is 16.5. The standard InChI is InChI=1S/C13H13NO3/c1-16-10-3-4-13(15)12(6-10)9-5-11(17-2)8-14-7-9/h3-8,15H,1-2H3. The molecule has 0 aliphatic heterocycles. The minimum atomic E-state index is 0.181. The highest BCUT2D eigenvalue weighted by molar-refractivity contribution is 5.71. The molecular weight excluding hydrogens is 218 g/mol. The minimum Gasteiger partial charge on any atom is -0.507 e. The number of phenols is 1. The fraction of sp³-hybridized carbons (Fsp3) is 0.154. The lowest BCUT2D eigenvalue weighted by Crippen LogP contribution is -1.88. The molecule has 0 amide bonds.